The lowest BCUT2D eigenvalue weighted by Crippen LogP contribution is -2.13. The minimum absolute atomic E-state index is 0.125. The largest absolute Gasteiger partial charge is 0.256 e. The van der Waals surface area contributed by atoms with Crippen molar-refractivity contribution >= 4 is 40.5 Å². The van der Waals surface area contributed by atoms with Crippen LogP contribution in [-0.2, 0) is 6.42 Å². The van der Waals surface area contributed by atoms with Crippen LogP contribution in [0.2, 0.25) is 15.2 Å². The Bertz CT molecular complexity index is 1040. The Labute approximate surface area is 160 Å². The fourth-order valence-corrected chi connectivity index (χ4v) is 3.95. The second-order valence-electron chi connectivity index (χ2n) is 5.93. The van der Waals surface area contributed by atoms with E-state index in [1.165, 1.54) is 0 Å². The Balaban J connectivity index is 1.96. The van der Waals surface area contributed by atoms with Gasteiger partial charge in [-0.2, -0.15) is 0 Å². The smallest absolute Gasteiger partial charge is 0.231 e. The number of benzene rings is 2. The maximum absolute atomic E-state index is 7.50. The van der Waals surface area contributed by atoms with E-state index in [0.29, 0.717) is 15.7 Å². The maximum atomic E-state index is 7.50. The van der Waals surface area contributed by atoms with E-state index >= 15 is 0 Å². The van der Waals surface area contributed by atoms with Crippen molar-refractivity contribution in [3.63, 3.8) is 0 Å². The first-order valence-electron chi connectivity index (χ1n) is 7.69. The minimum Gasteiger partial charge on any atom is -0.256 e. The predicted octanol–water partition coefficient (Wildman–Crippen LogP) is 6.95. The van der Waals surface area contributed by atoms with Gasteiger partial charge in [0, 0.05) is 12.1 Å². The van der Waals surface area contributed by atoms with E-state index in [2.05, 4.69) is 15.9 Å². The molecule has 2 nitrogen and oxygen atoms in total. The Kier molecular flexibility index (Phi) is 4.17. The highest BCUT2D eigenvalue weighted by atomic mass is 35.5. The first-order chi connectivity index (χ1) is 12.1. The zero-order valence-corrected chi connectivity index (χ0v) is 15.2. The van der Waals surface area contributed by atoms with Gasteiger partial charge in [0.1, 0.15) is 5.15 Å². The molecule has 4 rings (SSSR count). The summed E-state index contributed by atoms with van der Waals surface area (Å²) >= 11 is 18.5. The molecule has 5 heteroatoms. The molecule has 0 fully saturated rings. The Hall–Kier alpha value is -2.05. The molecule has 122 valence electrons. The first kappa shape index (κ1) is 16.4. The monoisotopic (exact) mass is 384 g/mol. The number of aromatic nitrogens is 1. The zero-order valence-electron chi connectivity index (χ0n) is 12.9. The Morgan fingerprint density at radius 1 is 1.04 bits per heavy atom. The molecule has 3 aromatic rings. The number of hydrogen-bond acceptors (Lipinski definition) is 1. The van der Waals surface area contributed by atoms with Crippen LogP contribution in [-0.4, -0.2) is 4.98 Å². The first-order valence-corrected chi connectivity index (χ1v) is 8.82. The lowest BCUT2D eigenvalue weighted by Gasteiger charge is -2.29. The average molecular weight is 386 g/mol. The van der Waals surface area contributed by atoms with Gasteiger partial charge in [0.15, 0.2) is 0 Å². The van der Waals surface area contributed by atoms with Crippen LogP contribution in [0.15, 0.2) is 48.7 Å². The molecule has 1 aromatic heterocycles. The number of hydrogen-bond donors (Lipinski definition) is 0. The van der Waals surface area contributed by atoms with Crippen molar-refractivity contribution < 1.29 is 0 Å². The lowest BCUT2D eigenvalue weighted by atomic mass is 9.76. The van der Waals surface area contributed by atoms with E-state index in [0.717, 1.165) is 34.2 Å². The van der Waals surface area contributed by atoms with Crippen molar-refractivity contribution in [1.82, 2.24) is 4.98 Å². The molecular weight excluding hydrogens is 375 g/mol. The van der Waals surface area contributed by atoms with Gasteiger partial charge in [-0.1, -0.05) is 65.1 Å². The van der Waals surface area contributed by atoms with E-state index in [9.17, 15) is 0 Å². The van der Waals surface area contributed by atoms with Crippen LogP contribution in [0, 0.1) is 6.57 Å². The fourth-order valence-electron chi connectivity index (χ4n) is 3.46. The van der Waals surface area contributed by atoms with Crippen LogP contribution in [0.3, 0.4) is 0 Å². The highest BCUT2D eigenvalue weighted by Crippen LogP contribution is 2.48. The molecule has 1 heterocycles. The molecule has 1 aliphatic carbocycles. The Morgan fingerprint density at radius 3 is 2.60 bits per heavy atom. The summed E-state index contributed by atoms with van der Waals surface area (Å²) in [5.41, 5.74) is 5.59. The molecular formula is C20H11Cl3N2. The topological polar surface area (TPSA) is 17.2 Å². The van der Waals surface area contributed by atoms with Crippen molar-refractivity contribution in [1.29, 1.82) is 0 Å². The number of fused-ring (bicyclic) bond motifs is 3. The standard InChI is InChI=1S/C20H11Cl3N2/c1-24-19-18-12(10-25-20(19)23)8-15(13-4-2-3-5-14(13)18)11-6-7-16(21)17(22)9-11/h2-7,9-10,15H,8H2. The minimum atomic E-state index is 0.125. The van der Waals surface area contributed by atoms with Gasteiger partial charge in [0.05, 0.1) is 16.6 Å². The molecule has 1 atom stereocenters. The molecule has 0 amide bonds. The van der Waals surface area contributed by atoms with Gasteiger partial charge < -0.3 is 0 Å². The summed E-state index contributed by atoms with van der Waals surface area (Å²) in [4.78, 5) is 7.82. The second kappa shape index (κ2) is 6.35. The van der Waals surface area contributed by atoms with Gasteiger partial charge in [-0.3, -0.25) is 4.98 Å². The molecule has 0 spiro atoms. The molecule has 0 saturated heterocycles. The van der Waals surface area contributed by atoms with Crippen molar-refractivity contribution in [2.24, 2.45) is 0 Å². The molecule has 25 heavy (non-hydrogen) atoms. The molecule has 0 N–H and O–H groups in total. The molecule has 1 unspecified atom stereocenters. The number of pyridine rings is 1. The highest BCUT2D eigenvalue weighted by Gasteiger charge is 2.29. The third-order valence-electron chi connectivity index (χ3n) is 4.57. The van der Waals surface area contributed by atoms with Crippen LogP contribution in [0.4, 0.5) is 5.69 Å². The summed E-state index contributed by atoms with van der Waals surface area (Å²) < 4.78 is 0. The molecule has 2 aromatic carbocycles. The SMILES string of the molecule is [C-]#[N+]c1c(Cl)ncc2c1-c1ccccc1C(c1ccc(Cl)c(Cl)c1)C2. The van der Waals surface area contributed by atoms with E-state index < -0.39 is 0 Å². The van der Waals surface area contributed by atoms with Crippen LogP contribution in [0.25, 0.3) is 16.0 Å². The van der Waals surface area contributed by atoms with E-state index in [4.69, 9.17) is 41.4 Å². The summed E-state index contributed by atoms with van der Waals surface area (Å²) in [5.74, 6) is 0.125. The normalized spacial score (nSPS) is 15.2. The summed E-state index contributed by atoms with van der Waals surface area (Å²) in [6, 6.07) is 13.8. The highest BCUT2D eigenvalue weighted by molar-refractivity contribution is 6.42. The lowest BCUT2D eigenvalue weighted by molar-refractivity contribution is 0.790. The van der Waals surface area contributed by atoms with Crippen LogP contribution in [0.5, 0.6) is 0 Å². The third kappa shape index (κ3) is 2.69. The van der Waals surface area contributed by atoms with Crippen molar-refractivity contribution in [2.75, 3.05) is 0 Å². The molecule has 0 radical (unpaired) electrons. The summed E-state index contributed by atoms with van der Waals surface area (Å²) in [7, 11) is 0. The van der Waals surface area contributed by atoms with Crippen molar-refractivity contribution in [3.8, 4) is 11.1 Å². The number of halogens is 3. The Morgan fingerprint density at radius 2 is 1.84 bits per heavy atom. The van der Waals surface area contributed by atoms with Gasteiger partial charge in [-0.25, -0.2) is 4.85 Å². The average Bonchev–Trinajstić information content (AvgIpc) is 2.63. The van der Waals surface area contributed by atoms with Gasteiger partial charge in [-0.05, 0) is 46.4 Å². The van der Waals surface area contributed by atoms with Crippen molar-refractivity contribution in [3.05, 3.63) is 92.0 Å². The van der Waals surface area contributed by atoms with Gasteiger partial charge in [-0.15, -0.1) is 0 Å². The summed E-state index contributed by atoms with van der Waals surface area (Å²) in [6.45, 7) is 7.50. The maximum Gasteiger partial charge on any atom is 0.231 e. The van der Waals surface area contributed by atoms with E-state index in [-0.39, 0.29) is 11.1 Å². The molecule has 0 saturated carbocycles. The second-order valence-corrected chi connectivity index (χ2v) is 7.10. The number of nitrogens with zero attached hydrogens (tertiary/aromatic N) is 2. The van der Waals surface area contributed by atoms with Gasteiger partial charge >= 0.3 is 0 Å². The van der Waals surface area contributed by atoms with Gasteiger partial charge in [0.2, 0.25) is 5.69 Å². The predicted molar refractivity (Wildman–Crippen MR) is 103 cm³/mol. The van der Waals surface area contributed by atoms with Crippen LogP contribution < -0.4 is 0 Å². The fraction of sp³-hybridized carbons (Fsp3) is 0.100. The summed E-state index contributed by atoms with van der Waals surface area (Å²) in [6.07, 6.45) is 2.50. The molecule has 0 aliphatic heterocycles. The third-order valence-corrected chi connectivity index (χ3v) is 5.59. The van der Waals surface area contributed by atoms with Crippen molar-refractivity contribution in [2.45, 2.75) is 12.3 Å². The number of rotatable bonds is 1. The van der Waals surface area contributed by atoms with E-state index in [1.807, 2.05) is 36.4 Å². The zero-order chi connectivity index (χ0) is 17.6. The quantitative estimate of drug-likeness (QED) is 0.327. The van der Waals surface area contributed by atoms with Crippen LogP contribution >= 0.6 is 34.8 Å². The summed E-state index contributed by atoms with van der Waals surface area (Å²) in [5, 5.41) is 1.33. The molecule has 1 aliphatic rings. The van der Waals surface area contributed by atoms with Crippen LogP contribution in [0.1, 0.15) is 22.6 Å². The van der Waals surface area contributed by atoms with Gasteiger partial charge in [0.25, 0.3) is 0 Å². The van der Waals surface area contributed by atoms with E-state index in [1.54, 1.807) is 6.20 Å². The molecule has 0 bridgehead atoms.